The maximum atomic E-state index is 12.6. The lowest BCUT2D eigenvalue weighted by molar-refractivity contribution is -0.672. The van der Waals surface area contributed by atoms with Crippen molar-refractivity contribution in [1.82, 2.24) is 10.2 Å². The van der Waals surface area contributed by atoms with Crippen LogP contribution in [0.1, 0.15) is 6.92 Å². The largest absolute Gasteiger partial charge is 0.621 e. The standard InChI is InChI=1S/C12H19N5O4/c1-2-14-7-9(18)8-21-17(20)11-6-4-3-5-10(11)16(19)12(13)15-17/h3-6,9,14,16,18H,2,7-8H2,1H3,(H2,13,15). The zero-order chi connectivity index (χ0) is 15.5. The SMILES string of the molecule is CCNCC(O)CO[N+]1([O-])N=C(N)[NH+]([O-])c2ccccc21. The number of nitrogens with two attached hydrogens (primary N) is 1. The molecule has 3 unspecified atom stereocenters. The van der Waals surface area contributed by atoms with E-state index in [-0.39, 0.29) is 24.5 Å². The summed E-state index contributed by atoms with van der Waals surface area (Å²) in [5.41, 5.74) is 5.69. The number of hydroxylamine groups is 1. The van der Waals surface area contributed by atoms with Crippen molar-refractivity contribution in [2.75, 3.05) is 19.7 Å². The first-order chi connectivity index (χ1) is 9.98. The van der Waals surface area contributed by atoms with E-state index in [9.17, 15) is 15.5 Å². The molecule has 0 bridgehead atoms. The van der Waals surface area contributed by atoms with Crippen LogP contribution >= 0.6 is 0 Å². The Morgan fingerprint density at radius 3 is 2.95 bits per heavy atom. The quantitative estimate of drug-likeness (QED) is 0.379. The Bertz CT molecular complexity index is 526. The molecule has 0 radical (unpaired) electrons. The number of likely N-dealkylation sites (N-methyl/N-ethyl adjacent to an activating group) is 1. The van der Waals surface area contributed by atoms with Crippen molar-refractivity contribution in [2.24, 2.45) is 10.8 Å². The van der Waals surface area contributed by atoms with Crippen molar-refractivity contribution in [3.8, 4) is 0 Å². The molecule has 1 aromatic rings. The van der Waals surface area contributed by atoms with E-state index in [1.165, 1.54) is 12.1 Å². The van der Waals surface area contributed by atoms with Gasteiger partial charge in [-0.05, 0) is 11.5 Å². The van der Waals surface area contributed by atoms with E-state index in [1.54, 1.807) is 12.1 Å². The molecular formula is C12H19N5O4. The smallest absolute Gasteiger partial charge is 0.355 e. The van der Waals surface area contributed by atoms with E-state index in [0.29, 0.717) is 6.54 Å². The van der Waals surface area contributed by atoms with Crippen LogP contribution < -0.4 is 21.0 Å². The molecule has 1 aromatic carbocycles. The number of hydrogen-bond donors (Lipinski definition) is 4. The first-order valence-electron chi connectivity index (χ1n) is 6.61. The second kappa shape index (κ2) is 6.45. The number of hydrogen-bond acceptors (Lipinski definition) is 7. The Labute approximate surface area is 121 Å². The minimum absolute atomic E-state index is 0.0485. The minimum atomic E-state index is -1.56. The van der Waals surface area contributed by atoms with Crippen molar-refractivity contribution in [3.63, 3.8) is 0 Å². The number of benzene rings is 1. The first kappa shape index (κ1) is 15.8. The summed E-state index contributed by atoms with van der Waals surface area (Å²) in [6.45, 7) is 2.63. The van der Waals surface area contributed by atoms with Gasteiger partial charge in [0.25, 0.3) is 5.69 Å². The van der Waals surface area contributed by atoms with Crippen LogP contribution in [0.4, 0.5) is 11.4 Å². The number of guanidine groups is 1. The monoisotopic (exact) mass is 297 g/mol. The lowest BCUT2D eigenvalue weighted by Crippen LogP contribution is -3.08. The summed E-state index contributed by atoms with van der Waals surface area (Å²) >= 11 is 0. The fourth-order valence-electron chi connectivity index (χ4n) is 1.95. The molecule has 1 aliphatic heterocycles. The number of aliphatic hydroxyl groups is 1. The summed E-state index contributed by atoms with van der Waals surface area (Å²) in [7, 11) is 0. The molecule has 21 heavy (non-hydrogen) atoms. The van der Waals surface area contributed by atoms with Crippen molar-refractivity contribution >= 4 is 17.3 Å². The zero-order valence-corrected chi connectivity index (χ0v) is 11.7. The Hall–Kier alpha value is -1.59. The summed E-state index contributed by atoms with van der Waals surface area (Å²) < 4.78 is 0. The molecule has 2 rings (SSSR count). The maximum absolute atomic E-state index is 12.6. The van der Waals surface area contributed by atoms with Crippen LogP contribution in [0.3, 0.4) is 0 Å². The molecule has 0 saturated carbocycles. The van der Waals surface area contributed by atoms with Gasteiger partial charge >= 0.3 is 5.96 Å². The van der Waals surface area contributed by atoms with Crippen LogP contribution in [0.2, 0.25) is 0 Å². The molecule has 0 saturated heterocycles. The number of para-hydroxylation sites is 1. The number of nitrogens with one attached hydrogen (secondary N) is 2. The highest BCUT2D eigenvalue weighted by atomic mass is 17.0. The molecule has 0 spiro atoms. The van der Waals surface area contributed by atoms with Crippen LogP contribution in [-0.4, -0.2) is 36.9 Å². The highest BCUT2D eigenvalue weighted by Gasteiger charge is 2.38. The lowest BCUT2D eigenvalue weighted by Gasteiger charge is -2.37. The molecule has 0 amide bonds. The number of nitrogens with zero attached hydrogens (tertiary/aromatic N) is 2. The van der Waals surface area contributed by atoms with Crippen LogP contribution in [0.25, 0.3) is 0 Å². The van der Waals surface area contributed by atoms with Crippen molar-refractivity contribution in [2.45, 2.75) is 13.0 Å². The number of fused-ring (bicyclic) bond motifs is 1. The number of aliphatic hydroxyl groups excluding tert-OH is 1. The van der Waals surface area contributed by atoms with Gasteiger partial charge in [-0.2, -0.15) is 4.84 Å². The lowest BCUT2D eigenvalue weighted by atomic mass is 10.2. The molecule has 0 aromatic heterocycles. The molecule has 9 nitrogen and oxygen atoms in total. The topological polar surface area (TPSA) is 130 Å². The van der Waals surface area contributed by atoms with Crippen molar-refractivity contribution in [3.05, 3.63) is 34.7 Å². The number of rotatable bonds is 6. The van der Waals surface area contributed by atoms with Gasteiger partial charge in [-0.3, -0.25) is 5.06 Å². The van der Waals surface area contributed by atoms with E-state index in [1.807, 2.05) is 6.92 Å². The predicted molar refractivity (Wildman–Crippen MR) is 77.7 cm³/mol. The Morgan fingerprint density at radius 1 is 1.52 bits per heavy atom. The second-order valence-electron chi connectivity index (χ2n) is 4.61. The van der Waals surface area contributed by atoms with E-state index in [0.717, 1.165) is 0 Å². The van der Waals surface area contributed by atoms with Crippen LogP contribution in [0.15, 0.2) is 29.4 Å². The maximum Gasteiger partial charge on any atom is 0.355 e. The van der Waals surface area contributed by atoms with E-state index in [4.69, 9.17) is 10.6 Å². The van der Waals surface area contributed by atoms with Gasteiger partial charge in [0.1, 0.15) is 6.61 Å². The predicted octanol–water partition coefficient (Wildman–Crippen LogP) is -1.35. The molecule has 0 aliphatic carbocycles. The van der Waals surface area contributed by atoms with Crippen molar-refractivity contribution in [1.29, 1.82) is 0 Å². The fraction of sp³-hybridized carbons (Fsp3) is 0.417. The summed E-state index contributed by atoms with van der Waals surface area (Å²) in [5, 5.41) is 40.2. The third kappa shape index (κ3) is 3.36. The second-order valence-corrected chi connectivity index (χ2v) is 4.61. The third-order valence-electron chi connectivity index (χ3n) is 3.00. The van der Waals surface area contributed by atoms with E-state index in [2.05, 4.69) is 10.4 Å². The van der Waals surface area contributed by atoms with Gasteiger partial charge in [-0.15, -0.1) is 0 Å². The van der Waals surface area contributed by atoms with Gasteiger partial charge in [-0.1, -0.05) is 19.1 Å². The average Bonchev–Trinajstić information content (AvgIpc) is 2.49. The van der Waals surface area contributed by atoms with Gasteiger partial charge in [0.2, 0.25) is 5.69 Å². The number of quaternary nitrogens is 2. The summed E-state index contributed by atoms with van der Waals surface area (Å²) in [6, 6.07) is 6.17. The highest BCUT2D eigenvalue weighted by Crippen LogP contribution is 2.31. The average molecular weight is 297 g/mol. The molecule has 9 heteroatoms. The highest BCUT2D eigenvalue weighted by molar-refractivity contribution is 5.78. The molecular weight excluding hydrogens is 278 g/mol. The summed E-state index contributed by atoms with van der Waals surface area (Å²) in [4.78, 5) is 3.59. The van der Waals surface area contributed by atoms with Gasteiger partial charge in [0.05, 0.1) is 6.10 Å². The van der Waals surface area contributed by atoms with Crippen LogP contribution in [-0.2, 0) is 4.84 Å². The van der Waals surface area contributed by atoms with Gasteiger partial charge in [-0.25, -0.2) is 0 Å². The van der Waals surface area contributed by atoms with Crippen LogP contribution in [0.5, 0.6) is 0 Å². The third-order valence-corrected chi connectivity index (χ3v) is 3.00. The summed E-state index contributed by atoms with van der Waals surface area (Å²) in [6.07, 6.45) is -0.866. The normalized spacial score (nSPS) is 26.1. The Morgan fingerprint density at radius 2 is 2.24 bits per heavy atom. The molecule has 116 valence electrons. The first-order valence-corrected chi connectivity index (χ1v) is 6.61. The summed E-state index contributed by atoms with van der Waals surface area (Å²) in [5.74, 6) is -0.412. The van der Waals surface area contributed by atoms with Gasteiger partial charge < -0.3 is 26.6 Å². The Balaban J connectivity index is 2.16. The molecule has 3 atom stereocenters. The minimum Gasteiger partial charge on any atom is -0.621 e. The van der Waals surface area contributed by atoms with E-state index < -0.39 is 22.0 Å². The van der Waals surface area contributed by atoms with Crippen molar-refractivity contribution < 1.29 is 15.0 Å². The Kier molecular flexibility index (Phi) is 4.85. The molecule has 1 aliphatic rings. The van der Waals surface area contributed by atoms with Gasteiger partial charge in [0.15, 0.2) is 0 Å². The zero-order valence-electron chi connectivity index (χ0n) is 11.7. The van der Waals surface area contributed by atoms with E-state index >= 15 is 0 Å². The van der Waals surface area contributed by atoms with Crippen LogP contribution in [0, 0.1) is 10.4 Å². The molecule has 1 heterocycles. The fourth-order valence-corrected chi connectivity index (χ4v) is 1.95. The molecule has 0 fully saturated rings. The van der Waals surface area contributed by atoms with Gasteiger partial charge in [0, 0.05) is 23.8 Å². The molecule has 5 N–H and O–H groups in total.